The van der Waals surface area contributed by atoms with Crippen molar-refractivity contribution in [2.45, 2.75) is 62.6 Å². The normalized spacial score (nSPS) is 22.4. The van der Waals surface area contributed by atoms with Crippen LogP contribution in [0.4, 0.5) is 5.95 Å². The highest BCUT2D eigenvalue weighted by Crippen LogP contribution is 2.50. The average molecular weight is 649 g/mol. The first kappa shape index (κ1) is 31.6. The summed E-state index contributed by atoms with van der Waals surface area (Å²) in [6.45, 7) is 3.44. The molecule has 1 aliphatic heterocycles. The number of nitrogen functional groups attached to an aromatic ring is 1. The van der Waals surface area contributed by atoms with Crippen LogP contribution in [0.1, 0.15) is 33.9 Å². The number of carbonyl (C=O) groups excluding carboxylic acids is 1. The Morgan fingerprint density at radius 3 is 2.66 bits per heavy atom. The molecule has 13 nitrogen and oxygen atoms in total. The van der Waals surface area contributed by atoms with Gasteiger partial charge in [-0.3, -0.25) is 9.36 Å². The van der Waals surface area contributed by atoms with E-state index in [0.717, 1.165) is 0 Å². The van der Waals surface area contributed by atoms with Gasteiger partial charge in [0.2, 0.25) is 11.8 Å². The molecule has 224 valence electrons. The third kappa shape index (κ3) is 7.20. The van der Waals surface area contributed by atoms with Crippen LogP contribution in [0.2, 0.25) is 0 Å². The van der Waals surface area contributed by atoms with Gasteiger partial charge in [0.1, 0.15) is 24.0 Å². The SMILES string of the molecule is CCOc1nc(N)nc2c1ncn2[C@@H]1O[C@H](COP(=S)(N[C@H](C)C(=O)OC(C)C)Oc2ccccc2)[C@@H](O)C1(Cl)Cl. The van der Waals surface area contributed by atoms with Gasteiger partial charge < -0.3 is 34.1 Å². The smallest absolute Gasteiger partial charge is 0.323 e. The Morgan fingerprint density at radius 2 is 2.00 bits per heavy atom. The lowest BCUT2D eigenvalue weighted by atomic mass is 10.2. The molecule has 4 rings (SSSR count). The molecule has 1 aliphatic rings. The highest BCUT2D eigenvalue weighted by atomic mass is 35.5. The highest BCUT2D eigenvalue weighted by molar-refractivity contribution is 8.09. The zero-order chi connectivity index (χ0) is 29.9. The fraction of sp³-hybridized carbons (Fsp3) is 0.500. The topological polar surface area (TPSA) is 165 Å². The molecule has 0 bridgehead atoms. The highest BCUT2D eigenvalue weighted by Gasteiger charge is 2.56. The summed E-state index contributed by atoms with van der Waals surface area (Å²) in [4.78, 5) is 25.1. The summed E-state index contributed by atoms with van der Waals surface area (Å²) >= 11 is 19.0. The van der Waals surface area contributed by atoms with Crippen LogP contribution in [-0.2, 0) is 30.6 Å². The molecule has 0 saturated carbocycles. The van der Waals surface area contributed by atoms with Gasteiger partial charge in [-0.25, -0.2) is 10.1 Å². The van der Waals surface area contributed by atoms with Crippen molar-refractivity contribution < 1.29 is 33.2 Å². The standard InChI is InChI=1S/C24H31Cl2N6O7PS/c1-5-35-20-17-19(29-23(27)30-20)32(12-28-17)22-24(25,26)18(33)16(38-22)11-36-40(41,39-15-9-7-6-8-10-15)31-14(4)21(34)37-13(2)3/h6-10,12-14,16,18,22,33H,5,11H2,1-4H3,(H,31,41)(H2,27,29,30)/t14-,16-,18-,22-,40?/m1/s1. The summed E-state index contributed by atoms with van der Waals surface area (Å²) in [6.07, 6.45) is -2.62. The molecule has 0 radical (unpaired) electrons. The van der Waals surface area contributed by atoms with E-state index in [1.165, 1.54) is 10.9 Å². The Kier molecular flexibility index (Phi) is 9.97. The number of benzene rings is 1. The van der Waals surface area contributed by atoms with Gasteiger partial charge in [-0.2, -0.15) is 9.97 Å². The van der Waals surface area contributed by atoms with Gasteiger partial charge in [0.05, 0.1) is 25.6 Å². The van der Waals surface area contributed by atoms with E-state index in [-0.39, 0.29) is 30.2 Å². The maximum atomic E-state index is 12.5. The maximum absolute atomic E-state index is 12.5. The number of fused-ring (bicyclic) bond motifs is 1. The zero-order valence-electron chi connectivity index (χ0n) is 22.6. The lowest BCUT2D eigenvalue weighted by Crippen LogP contribution is -2.39. The number of rotatable bonds is 12. The van der Waals surface area contributed by atoms with E-state index < -0.39 is 41.4 Å². The summed E-state index contributed by atoms with van der Waals surface area (Å²) in [5.74, 6) is -0.00981. The zero-order valence-corrected chi connectivity index (χ0v) is 25.9. The Hall–Kier alpha value is -2.29. The number of para-hydroxylation sites is 1. The molecule has 0 amide bonds. The third-order valence-electron chi connectivity index (χ3n) is 5.75. The van der Waals surface area contributed by atoms with Crippen LogP contribution in [0.5, 0.6) is 11.6 Å². The first-order chi connectivity index (χ1) is 19.3. The van der Waals surface area contributed by atoms with E-state index in [4.69, 9.17) is 64.0 Å². The number of imidazole rings is 1. The van der Waals surface area contributed by atoms with Crippen LogP contribution in [0.15, 0.2) is 36.7 Å². The number of hydrogen-bond donors (Lipinski definition) is 3. The van der Waals surface area contributed by atoms with E-state index in [0.29, 0.717) is 17.9 Å². The van der Waals surface area contributed by atoms with Crippen LogP contribution < -0.4 is 20.1 Å². The van der Waals surface area contributed by atoms with Crippen LogP contribution >= 0.6 is 29.8 Å². The summed E-state index contributed by atoms with van der Waals surface area (Å²) in [7, 11) is 0. The molecule has 4 N–H and O–H groups in total. The molecule has 1 unspecified atom stereocenters. The predicted molar refractivity (Wildman–Crippen MR) is 156 cm³/mol. The van der Waals surface area contributed by atoms with E-state index in [1.54, 1.807) is 52.0 Å². The molecule has 0 spiro atoms. The molecule has 1 saturated heterocycles. The molecule has 3 aromatic rings. The van der Waals surface area contributed by atoms with Gasteiger partial charge >= 0.3 is 12.6 Å². The molecule has 3 heterocycles. The fourth-order valence-corrected chi connectivity index (χ4v) is 6.94. The minimum absolute atomic E-state index is 0.0641. The Bertz CT molecular complexity index is 1420. The molecule has 0 aliphatic carbocycles. The summed E-state index contributed by atoms with van der Waals surface area (Å²) < 4.78 is 28.5. The molecular formula is C24H31Cl2N6O7PS. The number of halogens is 2. The number of aromatic nitrogens is 4. The van der Waals surface area contributed by atoms with Crippen molar-refractivity contribution in [2.24, 2.45) is 0 Å². The van der Waals surface area contributed by atoms with Crippen molar-refractivity contribution in [3.63, 3.8) is 0 Å². The number of ether oxygens (including phenoxy) is 3. The molecule has 1 aromatic carbocycles. The molecule has 5 atom stereocenters. The lowest BCUT2D eigenvalue weighted by molar-refractivity contribution is -0.149. The van der Waals surface area contributed by atoms with Crippen molar-refractivity contribution in [3.8, 4) is 11.6 Å². The van der Waals surface area contributed by atoms with Crippen molar-refractivity contribution in [3.05, 3.63) is 36.7 Å². The van der Waals surface area contributed by atoms with Gasteiger partial charge in [-0.15, -0.1) is 0 Å². The van der Waals surface area contributed by atoms with Crippen molar-refractivity contribution in [2.75, 3.05) is 18.9 Å². The lowest BCUT2D eigenvalue weighted by Gasteiger charge is -2.28. The van der Waals surface area contributed by atoms with Crippen LogP contribution in [-0.4, -0.2) is 72.5 Å². The monoisotopic (exact) mass is 648 g/mol. The quantitative estimate of drug-likeness (QED) is 0.149. The molecule has 2 aromatic heterocycles. The number of aliphatic hydroxyl groups excluding tert-OH is 1. The van der Waals surface area contributed by atoms with Crippen LogP contribution in [0, 0.1) is 0 Å². The number of carbonyl (C=O) groups is 1. The molecule has 1 fully saturated rings. The van der Waals surface area contributed by atoms with Gasteiger partial charge in [-0.1, -0.05) is 41.4 Å². The summed E-state index contributed by atoms with van der Waals surface area (Å²) in [5, 5.41) is 14.0. The van der Waals surface area contributed by atoms with E-state index in [1.807, 2.05) is 6.07 Å². The molecule has 17 heteroatoms. The summed E-state index contributed by atoms with van der Waals surface area (Å²) in [6, 6.07) is 7.85. The van der Waals surface area contributed by atoms with Gasteiger partial charge in [0, 0.05) is 0 Å². The van der Waals surface area contributed by atoms with Crippen LogP contribution in [0.3, 0.4) is 0 Å². The second-order valence-corrected chi connectivity index (χ2v) is 13.9. The predicted octanol–water partition coefficient (Wildman–Crippen LogP) is 3.49. The van der Waals surface area contributed by atoms with Gasteiger partial charge in [0.15, 0.2) is 21.7 Å². The number of nitrogens with two attached hydrogens (primary N) is 1. The fourth-order valence-electron chi connectivity index (χ4n) is 3.93. The minimum Gasteiger partial charge on any atom is -0.476 e. The third-order valence-corrected chi connectivity index (χ3v) is 9.07. The van der Waals surface area contributed by atoms with Gasteiger partial charge in [0.25, 0.3) is 0 Å². The second-order valence-electron chi connectivity index (χ2n) is 9.32. The largest absolute Gasteiger partial charge is 0.476 e. The molecular weight excluding hydrogens is 618 g/mol. The first-order valence-electron chi connectivity index (χ1n) is 12.7. The van der Waals surface area contributed by atoms with Crippen molar-refractivity contribution in [1.29, 1.82) is 0 Å². The van der Waals surface area contributed by atoms with Crippen LogP contribution in [0.25, 0.3) is 11.2 Å². The van der Waals surface area contributed by atoms with E-state index in [2.05, 4.69) is 20.0 Å². The second kappa shape index (κ2) is 12.9. The number of esters is 1. The number of nitrogens with zero attached hydrogens (tertiary/aromatic N) is 4. The number of anilines is 1. The van der Waals surface area contributed by atoms with Crippen molar-refractivity contribution in [1.82, 2.24) is 24.6 Å². The number of alkyl halides is 2. The Balaban J connectivity index is 1.56. The Morgan fingerprint density at radius 1 is 1.29 bits per heavy atom. The van der Waals surface area contributed by atoms with Gasteiger partial charge in [-0.05, 0) is 51.6 Å². The maximum Gasteiger partial charge on any atom is 0.323 e. The molecule has 41 heavy (non-hydrogen) atoms. The average Bonchev–Trinajstić information content (AvgIpc) is 3.41. The number of aliphatic hydroxyl groups is 1. The van der Waals surface area contributed by atoms with E-state index in [9.17, 15) is 9.90 Å². The van der Waals surface area contributed by atoms with Crippen molar-refractivity contribution >= 4 is 64.7 Å². The Labute approximate surface area is 251 Å². The summed E-state index contributed by atoms with van der Waals surface area (Å²) in [5.41, 5.74) is 6.41. The number of hydrogen-bond acceptors (Lipinski definition) is 12. The minimum atomic E-state index is -3.42. The van der Waals surface area contributed by atoms with E-state index >= 15 is 0 Å². The first-order valence-corrected chi connectivity index (χ1v) is 16.1. The number of nitrogens with one attached hydrogen (secondary N) is 1.